The van der Waals surface area contributed by atoms with Gasteiger partial charge in [-0.05, 0) is 53.6 Å². The number of methoxy groups -OCH3 is 1. The number of hydrogen-bond acceptors (Lipinski definition) is 4. The van der Waals surface area contributed by atoms with Crippen LogP contribution in [0.25, 0.3) is 6.08 Å². The highest BCUT2D eigenvalue weighted by Gasteiger charge is 2.06. The number of benzene rings is 3. The lowest BCUT2D eigenvalue weighted by Gasteiger charge is -2.11. The van der Waals surface area contributed by atoms with Gasteiger partial charge in [0, 0.05) is 22.3 Å². The first-order chi connectivity index (χ1) is 16.6. The molecule has 0 radical (unpaired) electrons. The summed E-state index contributed by atoms with van der Waals surface area (Å²) < 4.78 is 14.1. The maximum atomic E-state index is 12.4. The highest BCUT2D eigenvalue weighted by Crippen LogP contribution is 2.24. The molecule has 3 aromatic carbocycles. The van der Waals surface area contributed by atoms with E-state index in [1.807, 2.05) is 79.0 Å². The van der Waals surface area contributed by atoms with E-state index in [4.69, 9.17) is 9.47 Å². The highest BCUT2D eigenvalue weighted by atomic mass is 79.9. The van der Waals surface area contributed by atoms with Gasteiger partial charge in [-0.2, -0.15) is 5.10 Å². The minimum Gasteiger partial charge on any atom is -0.496 e. The number of nitrogens with one attached hydrogen (secondary N) is 1. The maximum Gasteiger partial charge on any atom is 0.248 e. The fourth-order valence-corrected chi connectivity index (χ4v) is 3.61. The van der Waals surface area contributed by atoms with Crippen LogP contribution < -0.4 is 14.8 Å². The minimum atomic E-state index is -0.234. The van der Waals surface area contributed by atoms with E-state index in [9.17, 15) is 4.79 Å². The first kappa shape index (κ1) is 23.3. The van der Waals surface area contributed by atoms with Gasteiger partial charge in [0.05, 0.1) is 25.5 Å². The molecule has 172 valence electrons. The van der Waals surface area contributed by atoms with Crippen molar-refractivity contribution in [2.75, 3.05) is 12.4 Å². The van der Waals surface area contributed by atoms with E-state index in [1.165, 1.54) is 6.08 Å². The van der Waals surface area contributed by atoms with Crippen LogP contribution in [0.2, 0.25) is 0 Å². The summed E-state index contributed by atoms with van der Waals surface area (Å²) in [7, 11) is 1.62. The molecule has 6 nitrogen and oxygen atoms in total. The van der Waals surface area contributed by atoms with E-state index in [0.717, 1.165) is 32.7 Å². The summed E-state index contributed by atoms with van der Waals surface area (Å²) in [5.41, 5.74) is 3.53. The lowest BCUT2D eigenvalue weighted by atomic mass is 10.1. The monoisotopic (exact) mass is 517 g/mol. The lowest BCUT2D eigenvalue weighted by molar-refractivity contribution is -0.111. The van der Waals surface area contributed by atoms with Crippen molar-refractivity contribution in [3.8, 4) is 11.5 Å². The van der Waals surface area contributed by atoms with Gasteiger partial charge in [-0.3, -0.25) is 9.48 Å². The van der Waals surface area contributed by atoms with Crippen LogP contribution in [0, 0.1) is 0 Å². The van der Waals surface area contributed by atoms with Gasteiger partial charge in [-0.1, -0.05) is 52.3 Å². The zero-order valence-electron chi connectivity index (χ0n) is 18.6. The summed E-state index contributed by atoms with van der Waals surface area (Å²) in [4.78, 5) is 12.4. The van der Waals surface area contributed by atoms with Crippen LogP contribution in [0.4, 0.5) is 5.69 Å². The Morgan fingerprint density at radius 3 is 2.65 bits per heavy atom. The SMILES string of the molecule is COc1ccc(/C=C\C(=O)Nc2cnn(Cc3ccccc3)c2)cc1COc1ccc(Br)cc1. The second-order valence-electron chi connectivity index (χ2n) is 7.55. The number of ether oxygens (including phenoxy) is 2. The largest absolute Gasteiger partial charge is 0.496 e. The molecule has 1 aromatic heterocycles. The molecule has 1 N–H and O–H groups in total. The molecule has 0 aliphatic carbocycles. The van der Waals surface area contributed by atoms with Crippen LogP contribution in [0.5, 0.6) is 11.5 Å². The fraction of sp³-hybridized carbons (Fsp3) is 0.111. The molecule has 0 spiro atoms. The number of halogens is 1. The van der Waals surface area contributed by atoms with E-state index in [2.05, 4.69) is 26.3 Å². The number of carbonyl (C=O) groups is 1. The number of carbonyl (C=O) groups excluding carboxylic acids is 1. The molecule has 0 atom stereocenters. The average Bonchev–Trinajstić information content (AvgIpc) is 3.29. The van der Waals surface area contributed by atoms with Gasteiger partial charge in [0.2, 0.25) is 5.91 Å². The topological polar surface area (TPSA) is 65.4 Å². The van der Waals surface area contributed by atoms with Gasteiger partial charge in [0.25, 0.3) is 0 Å². The van der Waals surface area contributed by atoms with Gasteiger partial charge in [0.15, 0.2) is 0 Å². The maximum absolute atomic E-state index is 12.4. The van der Waals surface area contributed by atoms with E-state index < -0.39 is 0 Å². The molecule has 0 bridgehead atoms. The van der Waals surface area contributed by atoms with Crippen molar-refractivity contribution in [1.29, 1.82) is 0 Å². The molecule has 0 aliphatic rings. The van der Waals surface area contributed by atoms with Gasteiger partial charge in [-0.25, -0.2) is 0 Å². The van der Waals surface area contributed by atoms with Crippen molar-refractivity contribution < 1.29 is 14.3 Å². The molecule has 0 saturated heterocycles. The van der Waals surface area contributed by atoms with Crippen LogP contribution in [-0.4, -0.2) is 22.8 Å². The third-order valence-electron chi connectivity index (χ3n) is 5.03. The predicted octanol–water partition coefficient (Wildman–Crippen LogP) is 5.93. The zero-order valence-corrected chi connectivity index (χ0v) is 20.2. The fourth-order valence-electron chi connectivity index (χ4n) is 3.35. The van der Waals surface area contributed by atoms with Crippen LogP contribution in [0.3, 0.4) is 0 Å². The molecule has 0 fully saturated rings. The minimum absolute atomic E-state index is 0.234. The molecule has 0 aliphatic heterocycles. The van der Waals surface area contributed by atoms with Crippen molar-refractivity contribution >= 4 is 33.6 Å². The number of hydrogen-bond donors (Lipinski definition) is 1. The molecule has 1 heterocycles. The number of rotatable bonds is 9. The molecule has 4 aromatic rings. The molecule has 0 saturated carbocycles. The molecule has 0 unspecified atom stereocenters. The molecule has 34 heavy (non-hydrogen) atoms. The van der Waals surface area contributed by atoms with Gasteiger partial charge in [-0.15, -0.1) is 0 Å². The Balaban J connectivity index is 1.36. The molecular formula is C27H24BrN3O3. The normalized spacial score (nSPS) is 10.9. The first-order valence-electron chi connectivity index (χ1n) is 10.7. The van der Waals surface area contributed by atoms with E-state index in [-0.39, 0.29) is 5.91 Å². The predicted molar refractivity (Wildman–Crippen MR) is 137 cm³/mol. The van der Waals surface area contributed by atoms with E-state index in [1.54, 1.807) is 24.1 Å². The second-order valence-corrected chi connectivity index (χ2v) is 8.46. The number of nitrogens with zero attached hydrogens (tertiary/aromatic N) is 2. The Labute approximate surface area is 207 Å². The van der Waals surface area contributed by atoms with Crippen molar-refractivity contribution in [2.24, 2.45) is 0 Å². The molecule has 1 amide bonds. The van der Waals surface area contributed by atoms with Gasteiger partial charge >= 0.3 is 0 Å². The third-order valence-corrected chi connectivity index (χ3v) is 5.56. The average molecular weight is 518 g/mol. The summed E-state index contributed by atoms with van der Waals surface area (Å²) >= 11 is 3.42. The van der Waals surface area contributed by atoms with E-state index >= 15 is 0 Å². The van der Waals surface area contributed by atoms with E-state index in [0.29, 0.717) is 18.8 Å². The van der Waals surface area contributed by atoms with Crippen molar-refractivity contribution in [2.45, 2.75) is 13.2 Å². The summed E-state index contributed by atoms with van der Waals surface area (Å²) in [6, 6.07) is 23.4. The van der Waals surface area contributed by atoms with Crippen LogP contribution >= 0.6 is 15.9 Å². The summed E-state index contributed by atoms with van der Waals surface area (Å²) in [6.07, 6.45) is 6.70. The Bertz CT molecular complexity index is 1270. The summed E-state index contributed by atoms with van der Waals surface area (Å²) in [5, 5.41) is 7.16. The Morgan fingerprint density at radius 1 is 1.09 bits per heavy atom. The van der Waals surface area contributed by atoms with Crippen LogP contribution in [0.15, 0.2) is 95.7 Å². The summed E-state index contributed by atoms with van der Waals surface area (Å²) in [5.74, 6) is 1.26. The lowest BCUT2D eigenvalue weighted by Crippen LogP contribution is -2.07. The van der Waals surface area contributed by atoms with Crippen LogP contribution in [-0.2, 0) is 17.9 Å². The second kappa shape index (κ2) is 11.3. The smallest absolute Gasteiger partial charge is 0.248 e. The zero-order chi connectivity index (χ0) is 23.8. The van der Waals surface area contributed by atoms with Gasteiger partial charge in [0.1, 0.15) is 18.1 Å². The van der Waals surface area contributed by atoms with Crippen LogP contribution in [0.1, 0.15) is 16.7 Å². The standard InChI is InChI=1S/C27H24BrN3O3/c1-33-26-13-7-20(15-22(26)19-34-25-11-9-23(28)10-12-25)8-14-27(32)30-24-16-29-31(18-24)17-21-5-3-2-4-6-21/h2-16,18H,17,19H2,1H3,(H,30,32)/b14-8-. The Morgan fingerprint density at radius 2 is 1.88 bits per heavy atom. The molecule has 4 rings (SSSR count). The molecule has 7 heteroatoms. The number of amides is 1. The first-order valence-corrected chi connectivity index (χ1v) is 11.5. The highest BCUT2D eigenvalue weighted by molar-refractivity contribution is 9.10. The van der Waals surface area contributed by atoms with Gasteiger partial charge < -0.3 is 14.8 Å². The third kappa shape index (κ3) is 6.59. The van der Waals surface area contributed by atoms with Crippen molar-refractivity contribution in [3.63, 3.8) is 0 Å². The summed E-state index contributed by atoms with van der Waals surface area (Å²) in [6.45, 7) is 0.989. The molecular weight excluding hydrogens is 494 g/mol. The number of anilines is 1. The quantitative estimate of drug-likeness (QED) is 0.279. The van der Waals surface area contributed by atoms with Crippen molar-refractivity contribution in [1.82, 2.24) is 9.78 Å². The Kier molecular flexibility index (Phi) is 7.78. The Hall–Kier alpha value is -3.84. The number of aromatic nitrogens is 2. The van der Waals surface area contributed by atoms with Crippen molar-refractivity contribution in [3.05, 3.63) is 112 Å².